The molecule has 1 aliphatic rings. The van der Waals surface area contributed by atoms with E-state index in [9.17, 15) is 4.79 Å². The molecule has 0 atom stereocenters. The van der Waals surface area contributed by atoms with Crippen LogP contribution < -0.4 is 0 Å². The van der Waals surface area contributed by atoms with Gasteiger partial charge in [-0.25, -0.2) is 0 Å². The van der Waals surface area contributed by atoms with E-state index in [2.05, 4.69) is 26.0 Å². The summed E-state index contributed by atoms with van der Waals surface area (Å²) in [5.74, 6) is 0.157. The Hall–Kier alpha value is -1.77. The second-order valence-corrected chi connectivity index (χ2v) is 6.29. The average molecular weight is 256 g/mol. The molecule has 2 aromatic rings. The molecule has 0 aliphatic carbocycles. The Bertz CT molecular complexity index is 639. The van der Waals surface area contributed by atoms with Crippen molar-refractivity contribution in [1.82, 2.24) is 9.47 Å². The molecule has 0 N–H and O–H groups in total. The van der Waals surface area contributed by atoms with Gasteiger partial charge < -0.3 is 9.47 Å². The predicted molar refractivity (Wildman–Crippen MR) is 77.2 cm³/mol. The summed E-state index contributed by atoms with van der Waals surface area (Å²) in [4.78, 5) is 14.6. The van der Waals surface area contributed by atoms with Crippen LogP contribution >= 0.6 is 0 Å². The van der Waals surface area contributed by atoms with Crippen molar-refractivity contribution < 1.29 is 4.79 Å². The number of nitrogens with zero attached hydrogens (tertiary/aromatic N) is 2. The van der Waals surface area contributed by atoms with Crippen LogP contribution in [0.15, 0.2) is 30.3 Å². The van der Waals surface area contributed by atoms with E-state index in [4.69, 9.17) is 0 Å². The first-order valence-corrected chi connectivity index (χ1v) is 6.82. The first-order valence-electron chi connectivity index (χ1n) is 6.82. The van der Waals surface area contributed by atoms with Gasteiger partial charge in [0, 0.05) is 31.0 Å². The highest BCUT2D eigenvalue weighted by atomic mass is 16.2. The second-order valence-electron chi connectivity index (χ2n) is 6.29. The number of amides is 1. The number of benzene rings is 1. The van der Waals surface area contributed by atoms with Gasteiger partial charge in [0.25, 0.3) is 5.91 Å². The second kappa shape index (κ2) is 4.12. The molecule has 1 aromatic carbocycles. The van der Waals surface area contributed by atoms with Crippen LogP contribution in [0.2, 0.25) is 0 Å². The van der Waals surface area contributed by atoms with E-state index in [1.165, 1.54) is 0 Å². The third-order valence-electron chi connectivity index (χ3n) is 4.14. The molecule has 3 nitrogen and oxygen atoms in total. The standard InChI is InChI=1S/C16H20N2O/c1-16(2)8-9-18(11-16)15(19)14-10-12-6-4-5-7-13(12)17(14)3/h4-7,10H,8-9,11H2,1-3H3. The third-order valence-corrected chi connectivity index (χ3v) is 4.14. The zero-order valence-corrected chi connectivity index (χ0v) is 11.8. The summed E-state index contributed by atoms with van der Waals surface area (Å²) in [6.45, 7) is 6.17. The number of fused-ring (bicyclic) bond motifs is 1. The average Bonchev–Trinajstić information content (AvgIpc) is 2.90. The first kappa shape index (κ1) is 12.3. The summed E-state index contributed by atoms with van der Waals surface area (Å²) in [6, 6.07) is 10.1. The van der Waals surface area contributed by atoms with E-state index in [1.54, 1.807) is 0 Å². The largest absolute Gasteiger partial charge is 0.340 e. The molecule has 1 saturated heterocycles. The molecular weight excluding hydrogens is 236 g/mol. The number of carbonyl (C=O) groups is 1. The van der Waals surface area contributed by atoms with Crippen LogP contribution in [0.25, 0.3) is 10.9 Å². The van der Waals surface area contributed by atoms with Crippen LogP contribution in [-0.4, -0.2) is 28.5 Å². The molecule has 100 valence electrons. The summed E-state index contributed by atoms with van der Waals surface area (Å²) in [5, 5.41) is 1.13. The number of hydrogen-bond acceptors (Lipinski definition) is 1. The third kappa shape index (κ3) is 2.03. The Morgan fingerprint density at radius 3 is 2.63 bits per heavy atom. The van der Waals surface area contributed by atoms with Crippen molar-refractivity contribution >= 4 is 16.8 Å². The van der Waals surface area contributed by atoms with Gasteiger partial charge in [-0.1, -0.05) is 32.0 Å². The monoisotopic (exact) mass is 256 g/mol. The smallest absolute Gasteiger partial charge is 0.270 e. The van der Waals surface area contributed by atoms with E-state index < -0.39 is 0 Å². The number of rotatable bonds is 1. The van der Waals surface area contributed by atoms with Crippen LogP contribution in [-0.2, 0) is 7.05 Å². The number of carbonyl (C=O) groups excluding carboxylic acids is 1. The van der Waals surface area contributed by atoms with Gasteiger partial charge in [-0.15, -0.1) is 0 Å². The molecule has 0 radical (unpaired) electrons. The van der Waals surface area contributed by atoms with Crippen LogP contribution in [0.5, 0.6) is 0 Å². The lowest BCUT2D eigenvalue weighted by atomic mass is 9.93. The maximum Gasteiger partial charge on any atom is 0.270 e. The maximum atomic E-state index is 12.6. The van der Waals surface area contributed by atoms with Crippen LogP contribution in [0.3, 0.4) is 0 Å². The topological polar surface area (TPSA) is 25.2 Å². The minimum atomic E-state index is 0.157. The quantitative estimate of drug-likeness (QED) is 0.770. The fraction of sp³-hybridized carbons (Fsp3) is 0.438. The van der Waals surface area contributed by atoms with Crippen molar-refractivity contribution in [1.29, 1.82) is 0 Å². The summed E-state index contributed by atoms with van der Waals surface area (Å²) in [7, 11) is 1.97. The van der Waals surface area contributed by atoms with E-state index in [0.717, 1.165) is 36.1 Å². The van der Waals surface area contributed by atoms with Crippen LogP contribution in [0.1, 0.15) is 30.8 Å². The van der Waals surface area contributed by atoms with Gasteiger partial charge >= 0.3 is 0 Å². The number of para-hydroxylation sites is 1. The number of aryl methyl sites for hydroxylation is 1. The van der Waals surface area contributed by atoms with Gasteiger partial charge in [0.2, 0.25) is 0 Å². The van der Waals surface area contributed by atoms with Gasteiger partial charge in [-0.05, 0) is 24.0 Å². The maximum absolute atomic E-state index is 12.6. The Kier molecular flexibility index (Phi) is 2.66. The van der Waals surface area contributed by atoms with Gasteiger partial charge in [0.15, 0.2) is 0 Å². The van der Waals surface area contributed by atoms with Crippen molar-refractivity contribution in [3.8, 4) is 0 Å². The van der Waals surface area contributed by atoms with Gasteiger partial charge in [-0.3, -0.25) is 4.79 Å². The lowest BCUT2D eigenvalue weighted by Gasteiger charge is -2.20. The summed E-state index contributed by atoms with van der Waals surface area (Å²) >= 11 is 0. The number of aromatic nitrogens is 1. The SMILES string of the molecule is Cn1c(C(=O)N2CCC(C)(C)C2)cc2ccccc21. The van der Waals surface area contributed by atoms with Crippen molar-refractivity contribution in [2.24, 2.45) is 12.5 Å². The predicted octanol–water partition coefficient (Wildman–Crippen LogP) is 3.05. The Labute approximate surface area is 113 Å². The lowest BCUT2D eigenvalue weighted by molar-refractivity contribution is 0.0769. The molecule has 19 heavy (non-hydrogen) atoms. The number of likely N-dealkylation sites (tertiary alicyclic amines) is 1. The van der Waals surface area contributed by atoms with E-state index in [1.807, 2.05) is 34.7 Å². The molecule has 0 saturated carbocycles. The zero-order valence-electron chi connectivity index (χ0n) is 11.8. The Morgan fingerprint density at radius 2 is 2.00 bits per heavy atom. The molecule has 1 aliphatic heterocycles. The Morgan fingerprint density at radius 1 is 1.26 bits per heavy atom. The molecule has 1 amide bonds. The van der Waals surface area contributed by atoms with E-state index >= 15 is 0 Å². The fourth-order valence-electron chi connectivity index (χ4n) is 2.94. The summed E-state index contributed by atoms with van der Waals surface area (Å²) in [6.07, 6.45) is 1.09. The van der Waals surface area contributed by atoms with Gasteiger partial charge in [-0.2, -0.15) is 0 Å². The van der Waals surface area contributed by atoms with Crippen LogP contribution in [0, 0.1) is 5.41 Å². The van der Waals surface area contributed by atoms with Crippen molar-refractivity contribution in [2.75, 3.05) is 13.1 Å². The van der Waals surface area contributed by atoms with E-state index in [0.29, 0.717) is 0 Å². The van der Waals surface area contributed by atoms with Gasteiger partial charge in [0.1, 0.15) is 5.69 Å². The highest BCUT2D eigenvalue weighted by Crippen LogP contribution is 2.30. The fourth-order valence-corrected chi connectivity index (χ4v) is 2.94. The molecular formula is C16H20N2O. The van der Waals surface area contributed by atoms with E-state index in [-0.39, 0.29) is 11.3 Å². The van der Waals surface area contributed by atoms with Crippen LogP contribution in [0.4, 0.5) is 0 Å². The molecule has 3 rings (SSSR count). The normalized spacial score (nSPS) is 18.2. The molecule has 1 aromatic heterocycles. The first-order chi connectivity index (χ1) is 8.98. The summed E-state index contributed by atoms with van der Waals surface area (Å²) < 4.78 is 2.00. The van der Waals surface area contributed by atoms with Crippen molar-refractivity contribution in [3.63, 3.8) is 0 Å². The summed E-state index contributed by atoms with van der Waals surface area (Å²) in [5.41, 5.74) is 2.16. The van der Waals surface area contributed by atoms with Gasteiger partial charge in [0.05, 0.1) is 0 Å². The number of hydrogen-bond donors (Lipinski definition) is 0. The molecule has 2 heterocycles. The molecule has 3 heteroatoms. The van der Waals surface area contributed by atoms with Crippen molar-refractivity contribution in [3.05, 3.63) is 36.0 Å². The molecule has 0 bridgehead atoms. The minimum absolute atomic E-state index is 0.157. The highest BCUT2D eigenvalue weighted by Gasteiger charge is 2.33. The molecule has 0 unspecified atom stereocenters. The molecule has 0 spiro atoms. The lowest BCUT2D eigenvalue weighted by Crippen LogP contribution is -2.31. The van der Waals surface area contributed by atoms with Crippen molar-refractivity contribution in [2.45, 2.75) is 20.3 Å². The highest BCUT2D eigenvalue weighted by molar-refractivity contribution is 5.98. The minimum Gasteiger partial charge on any atom is -0.340 e. The molecule has 1 fully saturated rings. The zero-order chi connectivity index (χ0) is 13.6. The Balaban J connectivity index is 1.96.